The molecule has 0 spiro atoms. The van der Waals surface area contributed by atoms with Crippen molar-refractivity contribution >= 4 is 0 Å². The average Bonchev–Trinajstić information content (AvgIpc) is 2.64. The van der Waals surface area contributed by atoms with Crippen molar-refractivity contribution in [2.75, 3.05) is 33.7 Å². The van der Waals surface area contributed by atoms with Gasteiger partial charge < -0.3 is 15.1 Å². The first-order valence-electron chi connectivity index (χ1n) is 11.4. The Bertz CT molecular complexity index is 589. The van der Waals surface area contributed by atoms with Gasteiger partial charge in [-0.15, -0.1) is 0 Å². The van der Waals surface area contributed by atoms with Crippen LogP contribution in [0.15, 0.2) is 30.3 Å². The lowest BCUT2D eigenvalue weighted by Crippen LogP contribution is -3.16. The molecule has 152 valence electrons. The Kier molecular flexibility index (Phi) is 6.66. The van der Waals surface area contributed by atoms with E-state index >= 15 is 0 Å². The first-order chi connectivity index (χ1) is 12.8. The number of benzene rings is 1. The number of quaternary nitrogens is 3. The van der Waals surface area contributed by atoms with Crippen molar-refractivity contribution in [2.45, 2.75) is 70.5 Å². The van der Waals surface area contributed by atoms with Gasteiger partial charge in [-0.05, 0) is 19.4 Å². The van der Waals surface area contributed by atoms with Crippen LogP contribution in [0.25, 0.3) is 0 Å². The summed E-state index contributed by atoms with van der Waals surface area (Å²) in [5.41, 5.74) is 1.93. The second-order valence-electron chi connectivity index (χ2n) is 10.2. The number of likely N-dealkylation sites (tertiary alicyclic amines) is 2. The third-order valence-corrected chi connectivity index (χ3v) is 8.33. The molecule has 2 heterocycles. The smallest absolute Gasteiger partial charge is 0.0996 e. The maximum atomic E-state index is 2.71. The van der Waals surface area contributed by atoms with Gasteiger partial charge in [0.15, 0.2) is 0 Å². The molecule has 2 aliphatic heterocycles. The summed E-state index contributed by atoms with van der Waals surface area (Å²) in [4.78, 5) is 3.42. The molecule has 0 amide bonds. The number of hydrogen-bond donors (Lipinski definition) is 3. The van der Waals surface area contributed by atoms with E-state index in [1.807, 2.05) is 0 Å². The van der Waals surface area contributed by atoms with Crippen molar-refractivity contribution < 1.29 is 15.1 Å². The van der Waals surface area contributed by atoms with E-state index in [9.17, 15) is 0 Å². The van der Waals surface area contributed by atoms with Crippen LogP contribution in [0.4, 0.5) is 0 Å². The molecule has 3 heteroatoms. The Morgan fingerprint density at radius 2 is 1.63 bits per heavy atom. The van der Waals surface area contributed by atoms with Crippen LogP contribution in [-0.4, -0.2) is 51.9 Å². The Morgan fingerprint density at radius 1 is 0.963 bits per heavy atom. The van der Waals surface area contributed by atoms with Crippen molar-refractivity contribution in [2.24, 2.45) is 11.8 Å². The van der Waals surface area contributed by atoms with Crippen LogP contribution in [-0.2, 0) is 5.41 Å². The molecule has 4 N–H and O–H groups in total. The minimum Gasteiger partial charge on any atom is -0.343 e. The van der Waals surface area contributed by atoms with Crippen LogP contribution < -0.4 is 15.1 Å². The van der Waals surface area contributed by atoms with Crippen LogP contribution >= 0.6 is 0 Å². The lowest BCUT2D eigenvalue weighted by molar-refractivity contribution is -0.923. The zero-order chi connectivity index (χ0) is 19.6. The number of nitrogens with one attached hydrogen (secondary N) is 2. The van der Waals surface area contributed by atoms with Gasteiger partial charge in [-0.3, -0.25) is 0 Å². The molecule has 1 aromatic rings. The molecule has 0 aromatic heterocycles. The zero-order valence-electron chi connectivity index (χ0n) is 18.6. The molecule has 0 bridgehead atoms. The third kappa shape index (κ3) is 4.41. The Morgan fingerprint density at radius 3 is 2.33 bits per heavy atom. The third-order valence-electron chi connectivity index (χ3n) is 8.33. The number of nitrogens with two attached hydrogens (primary N) is 1. The topological polar surface area (TPSA) is 25.5 Å². The molecule has 8 atom stereocenters. The SMILES string of the molecule is C[C@@H]1C[C@](CC[NH2+][C@H]2C[C@H](C)[NH+](C)C[C@@H]2C)(c2ccccc2)[C@H](C)C[NH+]1C. The van der Waals surface area contributed by atoms with E-state index < -0.39 is 0 Å². The van der Waals surface area contributed by atoms with E-state index in [2.05, 4.69) is 77.4 Å². The number of piperidine rings is 2. The Labute approximate surface area is 167 Å². The predicted molar refractivity (Wildman–Crippen MR) is 113 cm³/mol. The summed E-state index contributed by atoms with van der Waals surface area (Å²) in [6.07, 6.45) is 4.00. The van der Waals surface area contributed by atoms with Gasteiger partial charge >= 0.3 is 0 Å². The minimum absolute atomic E-state index is 0.349. The van der Waals surface area contributed by atoms with E-state index in [0.717, 1.165) is 30.0 Å². The van der Waals surface area contributed by atoms with E-state index in [1.54, 1.807) is 15.4 Å². The van der Waals surface area contributed by atoms with Gasteiger partial charge in [-0.1, -0.05) is 44.2 Å². The van der Waals surface area contributed by atoms with E-state index in [-0.39, 0.29) is 0 Å². The second-order valence-corrected chi connectivity index (χ2v) is 10.2. The maximum absolute atomic E-state index is 2.71. The highest BCUT2D eigenvalue weighted by Crippen LogP contribution is 2.40. The Hall–Kier alpha value is -0.900. The summed E-state index contributed by atoms with van der Waals surface area (Å²) in [6.45, 7) is 13.7. The number of rotatable bonds is 5. The van der Waals surface area contributed by atoms with Crippen LogP contribution in [0, 0.1) is 11.8 Å². The van der Waals surface area contributed by atoms with Gasteiger partial charge in [0.1, 0.15) is 0 Å². The average molecular weight is 375 g/mol. The molecular weight excluding hydrogens is 330 g/mol. The molecule has 2 fully saturated rings. The molecule has 3 nitrogen and oxygen atoms in total. The summed E-state index contributed by atoms with van der Waals surface area (Å²) in [7, 11) is 4.75. The fourth-order valence-corrected chi connectivity index (χ4v) is 6.05. The van der Waals surface area contributed by atoms with Crippen LogP contribution in [0.3, 0.4) is 0 Å². The normalized spacial score (nSPS) is 42.8. The van der Waals surface area contributed by atoms with Crippen LogP contribution in [0.1, 0.15) is 52.5 Å². The maximum Gasteiger partial charge on any atom is 0.0996 e. The molecule has 0 radical (unpaired) electrons. The van der Waals surface area contributed by atoms with Crippen molar-refractivity contribution in [3.63, 3.8) is 0 Å². The minimum atomic E-state index is 0.349. The fourth-order valence-electron chi connectivity index (χ4n) is 6.05. The quantitative estimate of drug-likeness (QED) is 0.653. The number of hydrogen-bond acceptors (Lipinski definition) is 0. The summed E-state index contributed by atoms with van der Waals surface area (Å²) in [5, 5.41) is 2.71. The van der Waals surface area contributed by atoms with Crippen LogP contribution in [0.2, 0.25) is 0 Å². The molecule has 2 unspecified atom stereocenters. The van der Waals surface area contributed by atoms with Crippen molar-refractivity contribution in [3.05, 3.63) is 35.9 Å². The largest absolute Gasteiger partial charge is 0.343 e. The summed E-state index contributed by atoms with van der Waals surface area (Å²) >= 11 is 0. The molecular formula is C24H44N3+3. The molecule has 3 rings (SSSR count). The van der Waals surface area contributed by atoms with Gasteiger partial charge in [0.05, 0.1) is 64.2 Å². The van der Waals surface area contributed by atoms with Crippen LogP contribution in [0.5, 0.6) is 0 Å². The van der Waals surface area contributed by atoms with Gasteiger partial charge in [0, 0.05) is 24.2 Å². The molecule has 27 heavy (non-hydrogen) atoms. The standard InChI is InChI=1S/C24H41N3/c1-18-16-26(5)20(3)14-23(18)25-13-12-24(22-10-8-7-9-11-22)15-21(4)27(6)17-19(24)2/h7-11,18-21,23,25H,12-17H2,1-6H3/p+3/t18-,19+,20-,21+,23-,24-/m0/s1. The van der Waals surface area contributed by atoms with E-state index in [1.165, 1.54) is 38.9 Å². The summed E-state index contributed by atoms with van der Waals surface area (Å²) in [5.74, 6) is 1.56. The monoisotopic (exact) mass is 374 g/mol. The van der Waals surface area contributed by atoms with Crippen molar-refractivity contribution in [3.8, 4) is 0 Å². The van der Waals surface area contributed by atoms with Gasteiger partial charge in [-0.2, -0.15) is 0 Å². The molecule has 2 aliphatic rings. The molecule has 0 saturated carbocycles. The zero-order valence-corrected chi connectivity index (χ0v) is 18.6. The lowest BCUT2D eigenvalue weighted by atomic mass is 9.63. The van der Waals surface area contributed by atoms with Crippen molar-refractivity contribution in [1.29, 1.82) is 0 Å². The van der Waals surface area contributed by atoms with Gasteiger partial charge in [0.2, 0.25) is 0 Å². The second kappa shape index (κ2) is 8.63. The van der Waals surface area contributed by atoms with E-state index in [0.29, 0.717) is 5.41 Å². The van der Waals surface area contributed by atoms with Gasteiger partial charge in [-0.25, -0.2) is 0 Å². The molecule has 2 saturated heterocycles. The summed E-state index contributed by atoms with van der Waals surface area (Å²) < 4.78 is 0. The first kappa shape index (κ1) is 20.8. The van der Waals surface area contributed by atoms with E-state index in [4.69, 9.17) is 0 Å². The predicted octanol–water partition coefficient (Wildman–Crippen LogP) is 0.133. The Balaban J connectivity index is 1.71. The highest BCUT2D eigenvalue weighted by atomic mass is 15.2. The highest BCUT2D eigenvalue weighted by Gasteiger charge is 2.46. The summed E-state index contributed by atoms with van der Waals surface area (Å²) in [6, 6.07) is 13.8. The fraction of sp³-hybridized carbons (Fsp3) is 0.750. The molecule has 1 aromatic carbocycles. The van der Waals surface area contributed by atoms with Gasteiger partial charge in [0.25, 0.3) is 0 Å². The molecule has 0 aliphatic carbocycles. The van der Waals surface area contributed by atoms with Crippen molar-refractivity contribution in [1.82, 2.24) is 0 Å². The first-order valence-corrected chi connectivity index (χ1v) is 11.4. The lowest BCUT2D eigenvalue weighted by Gasteiger charge is -2.47. The highest BCUT2D eigenvalue weighted by molar-refractivity contribution is 5.27.